The molecular formula is C12H15IN4O. The standard InChI is InChI=1S/C12H15IN4O/c1-12(7-14)10(18)17(11(15)16-12)6-8-3-2-4-9(13)5-8/h2-5H,6-7,14H2,1H3,(H2,15,16). The molecule has 1 atom stereocenters. The molecule has 0 saturated heterocycles. The zero-order chi connectivity index (χ0) is 13.3. The van der Waals surface area contributed by atoms with Crippen LogP contribution in [0.4, 0.5) is 0 Å². The predicted octanol–water partition coefficient (Wildman–Crippen LogP) is 0.666. The Morgan fingerprint density at radius 2 is 2.22 bits per heavy atom. The monoisotopic (exact) mass is 358 g/mol. The second kappa shape index (κ2) is 4.85. The quantitative estimate of drug-likeness (QED) is 0.779. The molecular weight excluding hydrogens is 343 g/mol. The third-order valence-corrected chi connectivity index (χ3v) is 3.64. The average molecular weight is 358 g/mol. The zero-order valence-electron chi connectivity index (χ0n) is 10.1. The van der Waals surface area contributed by atoms with E-state index in [9.17, 15) is 4.79 Å². The van der Waals surface area contributed by atoms with Gasteiger partial charge in [-0.15, -0.1) is 0 Å². The average Bonchev–Trinajstić information content (AvgIpc) is 2.54. The van der Waals surface area contributed by atoms with Crippen molar-refractivity contribution in [2.24, 2.45) is 16.5 Å². The highest BCUT2D eigenvalue weighted by Gasteiger charge is 2.42. The van der Waals surface area contributed by atoms with E-state index in [4.69, 9.17) is 11.5 Å². The van der Waals surface area contributed by atoms with Crippen LogP contribution in [-0.2, 0) is 11.3 Å². The third-order valence-electron chi connectivity index (χ3n) is 2.97. The van der Waals surface area contributed by atoms with Crippen LogP contribution in [0, 0.1) is 3.57 Å². The summed E-state index contributed by atoms with van der Waals surface area (Å²) < 4.78 is 1.12. The molecule has 96 valence electrons. The number of amides is 1. The molecule has 2 rings (SSSR count). The molecule has 1 aromatic rings. The van der Waals surface area contributed by atoms with Crippen molar-refractivity contribution >= 4 is 34.5 Å². The highest BCUT2D eigenvalue weighted by atomic mass is 127. The minimum absolute atomic E-state index is 0.138. The summed E-state index contributed by atoms with van der Waals surface area (Å²) in [6.07, 6.45) is 0. The summed E-state index contributed by atoms with van der Waals surface area (Å²) in [5.41, 5.74) is 11.5. The van der Waals surface area contributed by atoms with Crippen LogP contribution >= 0.6 is 22.6 Å². The topological polar surface area (TPSA) is 84.7 Å². The first kappa shape index (κ1) is 13.3. The van der Waals surface area contributed by atoms with Crippen LogP contribution in [0.2, 0.25) is 0 Å². The third kappa shape index (κ3) is 2.35. The Balaban J connectivity index is 2.21. The van der Waals surface area contributed by atoms with Gasteiger partial charge in [-0.3, -0.25) is 9.69 Å². The molecule has 1 aromatic carbocycles. The van der Waals surface area contributed by atoms with Gasteiger partial charge in [0.25, 0.3) is 5.91 Å². The molecule has 1 aliphatic rings. The van der Waals surface area contributed by atoms with Crippen molar-refractivity contribution < 1.29 is 4.79 Å². The van der Waals surface area contributed by atoms with Gasteiger partial charge in [-0.25, -0.2) is 4.99 Å². The van der Waals surface area contributed by atoms with Gasteiger partial charge in [-0.2, -0.15) is 0 Å². The van der Waals surface area contributed by atoms with Crippen molar-refractivity contribution in [3.05, 3.63) is 33.4 Å². The van der Waals surface area contributed by atoms with E-state index in [2.05, 4.69) is 27.6 Å². The lowest BCUT2D eigenvalue weighted by Crippen LogP contribution is -2.45. The Hall–Kier alpha value is -1.15. The van der Waals surface area contributed by atoms with Crippen LogP contribution in [-0.4, -0.2) is 28.9 Å². The smallest absolute Gasteiger partial charge is 0.258 e. The number of nitrogens with zero attached hydrogens (tertiary/aromatic N) is 2. The number of benzene rings is 1. The summed E-state index contributed by atoms with van der Waals surface area (Å²) in [6.45, 7) is 2.30. The van der Waals surface area contributed by atoms with Crippen molar-refractivity contribution in [3.8, 4) is 0 Å². The second-order valence-electron chi connectivity index (χ2n) is 4.47. The molecule has 0 aromatic heterocycles. The van der Waals surface area contributed by atoms with Crippen LogP contribution in [0.15, 0.2) is 29.3 Å². The van der Waals surface area contributed by atoms with Crippen molar-refractivity contribution in [3.63, 3.8) is 0 Å². The largest absolute Gasteiger partial charge is 0.369 e. The number of hydrogen-bond acceptors (Lipinski definition) is 4. The van der Waals surface area contributed by atoms with Crippen molar-refractivity contribution in [2.75, 3.05) is 6.54 Å². The summed E-state index contributed by atoms with van der Waals surface area (Å²) in [5.74, 6) is 0.105. The lowest BCUT2D eigenvalue weighted by molar-refractivity contribution is -0.130. The van der Waals surface area contributed by atoms with Crippen LogP contribution in [0.3, 0.4) is 0 Å². The maximum absolute atomic E-state index is 12.2. The molecule has 1 amide bonds. The Bertz CT molecular complexity index is 517. The molecule has 1 heterocycles. The maximum Gasteiger partial charge on any atom is 0.258 e. The number of aliphatic imine (C=N–C) groups is 1. The maximum atomic E-state index is 12.2. The molecule has 6 heteroatoms. The molecule has 0 fully saturated rings. The number of halogens is 1. The van der Waals surface area contributed by atoms with Crippen molar-refractivity contribution in [1.82, 2.24) is 4.90 Å². The van der Waals surface area contributed by atoms with Gasteiger partial charge in [-0.05, 0) is 47.2 Å². The van der Waals surface area contributed by atoms with Gasteiger partial charge < -0.3 is 11.5 Å². The zero-order valence-corrected chi connectivity index (χ0v) is 12.2. The van der Waals surface area contributed by atoms with E-state index in [1.54, 1.807) is 6.92 Å². The molecule has 0 aliphatic carbocycles. The molecule has 0 radical (unpaired) electrons. The molecule has 4 N–H and O–H groups in total. The Labute approximate surface area is 119 Å². The minimum Gasteiger partial charge on any atom is -0.369 e. The van der Waals surface area contributed by atoms with Gasteiger partial charge in [0.05, 0.1) is 6.54 Å². The number of hydrogen-bond donors (Lipinski definition) is 2. The fourth-order valence-electron chi connectivity index (χ4n) is 1.86. The number of carbonyl (C=O) groups is 1. The fourth-order valence-corrected chi connectivity index (χ4v) is 2.47. The highest BCUT2D eigenvalue weighted by molar-refractivity contribution is 14.1. The molecule has 0 spiro atoms. The SMILES string of the molecule is CC1(CN)N=C(N)N(Cc2cccc(I)c2)C1=O. The van der Waals surface area contributed by atoms with Crippen molar-refractivity contribution in [1.29, 1.82) is 0 Å². The lowest BCUT2D eigenvalue weighted by atomic mass is 10.0. The van der Waals surface area contributed by atoms with Gasteiger partial charge in [-0.1, -0.05) is 12.1 Å². The Kier molecular flexibility index (Phi) is 3.58. The van der Waals surface area contributed by atoms with E-state index in [0.717, 1.165) is 9.13 Å². The Morgan fingerprint density at radius 3 is 2.78 bits per heavy atom. The molecule has 0 saturated carbocycles. The first-order chi connectivity index (χ1) is 8.46. The van der Waals surface area contributed by atoms with E-state index < -0.39 is 5.54 Å². The number of carbonyl (C=O) groups excluding carboxylic acids is 1. The number of guanidine groups is 1. The van der Waals surface area contributed by atoms with E-state index in [0.29, 0.717) is 6.54 Å². The van der Waals surface area contributed by atoms with Gasteiger partial charge in [0, 0.05) is 10.1 Å². The highest BCUT2D eigenvalue weighted by Crippen LogP contribution is 2.22. The number of nitrogens with two attached hydrogens (primary N) is 2. The summed E-state index contributed by atoms with van der Waals surface area (Å²) >= 11 is 2.23. The van der Waals surface area contributed by atoms with E-state index in [-0.39, 0.29) is 18.4 Å². The van der Waals surface area contributed by atoms with Crippen LogP contribution in [0.25, 0.3) is 0 Å². The fraction of sp³-hybridized carbons (Fsp3) is 0.333. The summed E-state index contributed by atoms with van der Waals surface area (Å²) in [4.78, 5) is 17.9. The first-order valence-electron chi connectivity index (χ1n) is 5.58. The van der Waals surface area contributed by atoms with E-state index >= 15 is 0 Å². The van der Waals surface area contributed by atoms with Crippen LogP contribution < -0.4 is 11.5 Å². The molecule has 0 bridgehead atoms. The minimum atomic E-state index is -0.911. The molecule has 5 nitrogen and oxygen atoms in total. The van der Waals surface area contributed by atoms with E-state index in [1.807, 2.05) is 24.3 Å². The molecule has 1 aliphatic heterocycles. The van der Waals surface area contributed by atoms with Gasteiger partial charge >= 0.3 is 0 Å². The summed E-state index contributed by atoms with van der Waals surface area (Å²) in [7, 11) is 0. The predicted molar refractivity (Wildman–Crippen MR) is 78.8 cm³/mol. The van der Waals surface area contributed by atoms with Gasteiger partial charge in [0.15, 0.2) is 11.5 Å². The first-order valence-corrected chi connectivity index (χ1v) is 6.66. The Morgan fingerprint density at radius 1 is 1.50 bits per heavy atom. The molecule has 1 unspecified atom stereocenters. The second-order valence-corrected chi connectivity index (χ2v) is 5.71. The van der Waals surface area contributed by atoms with Crippen LogP contribution in [0.1, 0.15) is 12.5 Å². The van der Waals surface area contributed by atoms with Gasteiger partial charge in [0.1, 0.15) is 0 Å². The lowest BCUT2D eigenvalue weighted by Gasteiger charge is -2.20. The number of rotatable bonds is 3. The van der Waals surface area contributed by atoms with Crippen molar-refractivity contribution in [2.45, 2.75) is 19.0 Å². The molecule has 18 heavy (non-hydrogen) atoms. The summed E-state index contributed by atoms with van der Waals surface area (Å²) in [6, 6.07) is 7.92. The van der Waals surface area contributed by atoms with Gasteiger partial charge in [0.2, 0.25) is 0 Å². The van der Waals surface area contributed by atoms with E-state index in [1.165, 1.54) is 4.90 Å². The summed E-state index contributed by atoms with van der Waals surface area (Å²) in [5, 5.41) is 0. The normalized spacial score (nSPS) is 23.4. The van der Waals surface area contributed by atoms with Crippen LogP contribution in [0.5, 0.6) is 0 Å².